The van der Waals surface area contributed by atoms with Crippen molar-refractivity contribution in [2.75, 3.05) is 46.6 Å². The van der Waals surface area contributed by atoms with Gasteiger partial charge in [-0.05, 0) is 35.4 Å². The van der Waals surface area contributed by atoms with Crippen LogP contribution < -0.4 is 14.8 Å². The second-order valence-corrected chi connectivity index (χ2v) is 7.61. The van der Waals surface area contributed by atoms with Crippen LogP contribution in [0, 0.1) is 0 Å². The molecule has 2 aliphatic rings. The maximum absolute atomic E-state index is 12.8. The summed E-state index contributed by atoms with van der Waals surface area (Å²) < 4.78 is 16.5. The Morgan fingerprint density at radius 2 is 1.80 bits per heavy atom. The Bertz CT molecular complexity index is 850. The first-order valence-electron chi connectivity index (χ1n) is 10.4. The van der Waals surface area contributed by atoms with Gasteiger partial charge in [-0.15, -0.1) is 0 Å². The van der Waals surface area contributed by atoms with Gasteiger partial charge in [0, 0.05) is 31.7 Å². The van der Waals surface area contributed by atoms with Gasteiger partial charge in [0.15, 0.2) is 0 Å². The van der Waals surface area contributed by atoms with Crippen molar-refractivity contribution in [1.29, 1.82) is 0 Å². The monoisotopic (exact) mass is 411 g/mol. The fourth-order valence-electron chi connectivity index (χ4n) is 3.77. The highest BCUT2D eigenvalue weighted by atomic mass is 16.5. The van der Waals surface area contributed by atoms with Crippen LogP contribution in [-0.2, 0) is 24.4 Å². The van der Waals surface area contributed by atoms with Crippen molar-refractivity contribution in [2.24, 2.45) is 0 Å². The van der Waals surface area contributed by atoms with Gasteiger partial charge in [0.05, 0.1) is 33.4 Å². The van der Waals surface area contributed by atoms with Crippen LogP contribution in [0.2, 0.25) is 0 Å². The Labute approximate surface area is 177 Å². The fraction of sp³-hybridized carbons (Fsp3) is 0.435. The zero-order valence-corrected chi connectivity index (χ0v) is 17.4. The molecule has 7 heteroatoms. The second-order valence-electron chi connectivity index (χ2n) is 7.61. The van der Waals surface area contributed by atoms with E-state index in [1.54, 1.807) is 7.11 Å². The van der Waals surface area contributed by atoms with Crippen molar-refractivity contribution in [3.8, 4) is 11.5 Å². The molecule has 1 N–H and O–H groups in total. The molecule has 0 saturated carbocycles. The number of amides is 2. The van der Waals surface area contributed by atoms with Crippen molar-refractivity contribution in [1.82, 2.24) is 15.1 Å². The second kappa shape index (κ2) is 9.82. The highest BCUT2D eigenvalue weighted by Gasteiger charge is 2.20. The minimum Gasteiger partial charge on any atom is -0.497 e. The van der Waals surface area contributed by atoms with Crippen LogP contribution in [-0.4, -0.2) is 62.4 Å². The van der Waals surface area contributed by atoms with Gasteiger partial charge in [0.1, 0.15) is 18.1 Å². The molecule has 1 saturated heterocycles. The predicted octanol–water partition coefficient (Wildman–Crippen LogP) is 2.63. The highest BCUT2D eigenvalue weighted by molar-refractivity contribution is 5.74. The number of hydrogen-bond acceptors (Lipinski definition) is 5. The van der Waals surface area contributed by atoms with Crippen LogP contribution in [0.15, 0.2) is 42.5 Å². The number of morpholine rings is 1. The first kappa shape index (κ1) is 20.5. The number of ether oxygens (including phenoxy) is 3. The van der Waals surface area contributed by atoms with E-state index >= 15 is 0 Å². The molecular formula is C23H29N3O4. The van der Waals surface area contributed by atoms with Gasteiger partial charge < -0.3 is 24.4 Å². The van der Waals surface area contributed by atoms with Gasteiger partial charge in [-0.3, -0.25) is 4.90 Å². The highest BCUT2D eigenvalue weighted by Crippen LogP contribution is 2.25. The molecule has 0 bridgehead atoms. The van der Waals surface area contributed by atoms with E-state index in [4.69, 9.17) is 14.2 Å². The Morgan fingerprint density at radius 1 is 1.03 bits per heavy atom. The molecule has 0 aliphatic carbocycles. The molecule has 0 aromatic heterocycles. The van der Waals surface area contributed by atoms with Gasteiger partial charge >= 0.3 is 6.03 Å². The minimum absolute atomic E-state index is 0.0825. The third-order valence-corrected chi connectivity index (χ3v) is 5.50. The minimum atomic E-state index is -0.0825. The summed E-state index contributed by atoms with van der Waals surface area (Å²) in [7, 11) is 1.64. The summed E-state index contributed by atoms with van der Waals surface area (Å²) >= 11 is 0. The Morgan fingerprint density at radius 3 is 2.57 bits per heavy atom. The molecule has 0 radical (unpaired) electrons. The van der Waals surface area contributed by atoms with E-state index in [-0.39, 0.29) is 6.03 Å². The first-order chi connectivity index (χ1) is 14.7. The van der Waals surface area contributed by atoms with Gasteiger partial charge in [-0.25, -0.2) is 4.79 Å². The average Bonchev–Trinajstić information content (AvgIpc) is 3.00. The maximum atomic E-state index is 12.8. The number of benzene rings is 2. The number of urea groups is 1. The summed E-state index contributed by atoms with van der Waals surface area (Å²) in [6.45, 7) is 6.44. The van der Waals surface area contributed by atoms with Crippen molar-refractivity contribution in [2.45, 2.75) is 19.6 Å². The van der Waals surface area contributed by atoms with Gasteiger partial charge in [-0.1, -0.05) is 18.2 Å². The lowest BCUT2D eigenvalue weighted by molar-refractivity contribution is 0.0342. The Balaban J connectivity index is 1.37. The molecule has 2 heterocycles. The molecule has 30 heavy (non-hydrogen) atoms. The van der Waals surface area contributed by atoms with E-state index in [1.165, 1.54) is 5.56 Å². The molecule has 0 spiro atoms. The van der Waals surface area contributed by atoms with E-state index in [0.717, 1.165) is 55.5 Å². The number of hydrogen-bond donors (Lipinski definition) is 1. The summed E-state index contributed by atoms with van der Waals surface area (Å²) in [4.78, 5) is 17.0. The standard InChI is InChI=1S/C23H29N3O4/c1-28-21-5-2-18(3-6-21)15-24-23(27)26-10-13-30-22-7-4-19(14-20(22)17-26)16-25-8-11-29-12-9-25/h2-7,14H,8-13,15-17H2,1H3,(H,24,27). The molecule has 4 rings (SSSR count). The maximum Gasteiger partial charge on any atom is 0.318 e. The molecule has 0 unspecified atom stereocenters. The molecule has 0 atom stereocenters. The lowest BCUT2D eigenvalue weighted by Crippen LogP contribution is -2.40. The normalized spacial score (nSPS) is 16.9. The average molecular weight is 412 g/mol. The van der Waals surface area contributed by atoms with E-state index in [9.17, 15) is 4.79 Å². The van der Waals surface area contributed by atoms with Crippen molar-refractivity contribution < 1.29 is 19.0 Å². The van der Waals surface area contributed by atoms with E-state index < -0.39 is 0 Å². The zero-order valence-electron chi connectivity index (χ0n) is 17.4. The Kier molecular flexibility index (Phi) is 6.71. The number of nitrogens with one attached hydrogen (secondary N) is 1. The molecular weight excluding hydrogens is 382 g/mol. The summed E-state index contributed by atoms with van der Waals surface area (Å²) in [6.07, 6.45) is 0. The van der Waals surface area contributed by atoms with Crippen LogP contribution in [0.5, 0.6) is 11.5 Å². The van der Waals surface area contributed by atoms with Crippen LogP contribution in [0.3, 0.4) is 0 Å². The lowest BCUT2D eigenvalue weighted by Gasteiger charge is -2.27. The molecule has 2 aliphatic heterocycles. The van der Waals surface area contributed by atoms with Crippen LogP contribution in [0.1, 0.15) is 16.7 Å². The number of fused-ring (bicyclic) bond motifs is 1. The number of rotatable bonds is 5. The quantitative estimate of drug-likeness (QED) is 0.820. The van der Waals surface area contributed by atoms with Crippen LogP contribution >= 0.6 is 0 Å². The number of nitrogens with zero attached hydrogens (tertiary/aromatic N) is 2. The van der Waals surface area contributed by atoms with Crippen molar-refractivity contribution in [3.05, 3.63) is 59.2 Å². The van der Waals surface area contributed by atoms with Crippen molar-refractivity contribution in [3.63, 3.8) is 0 Å². The third-order valence-electron chi connectivity index (χ3n) is 5.50. The van der Waals surface area contributed by atoms with E-state index in [1.807, 2.05) is 35.2 Å². The van der Waals surface area contributed by atoms with Gasteiger partial charge in [0.2, 0.25) is 0 Å². The fourth-order valence-corrected chi connectivity index (χ4v) is 3.77. The van der Waals surface area contributed by atoms with Crippen LogP contribution in [0.4, 0.5) is 4.79 Å². The number of methoxy groups -OCH3 is 1. The summed E-state index contributed by atoms with van der Waals surface area (Å²) in [6, 6.07) is 13.9. The topological polar surface area (TPSA) is 63.3 Å². The molecule has 2 aromatic rings. The molecule has 1 fully saturated rings. The largest absolute Gasteiger partial charge is 0.497 e. The van der Waals surface area contributed by atoms with Crippen LogP contribution in [0.25, 0.3) is 0 Å². The van der Waals surface area contributed by atoms with Crippen molar-refractivity contribution >= 4 is 6.03 Å². The van der Waals surface area contributed by atoms with E-state index in [2.05, 4.69) is 22.3 Å². The SMILES string of the molecule is COc1ccc(CNC(=O)N2CCOc3ccc(CN4CCOCC4)cc3C2)cc1. The summed E-state index contributed by atoms with van der Waals surface area (Å²) in [5.41, 5.74) is 3.32. The first-order valence-corrected chi connectivity index (χ1v) is 10.4. The molecule has 2 amide bonds. The zero-order chi connectivity index (χ0) is 20.8. The number of carbonyl (C=O) groups excluding carboxylic acids is 1. The molecule has 160 valence electrons. The predicted molar refractivity (Wildman–Crippen MR) is 114 cm³/mol. The third kappa shape index (κ3) is 5.23. The molecule has 7 nitrogen and oxygen atoms in total. The smallest absolute Gasteiger partial charge is 0.318 e. The van der Waals surface area contributed by atoms with Gasteiger partial charge in [-0.2, -0.15) is 0 Å². The molecule has 2 aromatic carbocycles. The van der Waals surface area contributed by atoms with E-state index in [0.29, 0.717) is 26.2 Å². The summed E-state index contributed by atoms with van der Waals surface area (Å²) in [5, 5.41) is 3.01. The lowest BCUT2D eigenvalue weighted by atomic mass is 10.1. The van der Waals surface area contributed by atoms with Gasteiger partial charge in [0.25, 0.3) is 0 Å². The number of carbonyl (C=O) groups is 1. The Hall–Kier alpha value is -2.77. The summed E-state index contributed by atoms with van der Waals surface area (Å²) in [5.74, 6) is 1.67.